The summed E-state index contributed by atoms with van der Waals surface area (Å²) in [4.78, 5) is 11.5. The van der Waals surface area contributed by atoms with E-state index < -0.39 is 0 Å². The van der Waals surface area contributed by atoms with E-state index in [9.17, 15) is 4.79 Å². The highest BCUT2D eigenvalue weighted by Gasteiger charge is 2.25. The van der Waals surface area contributed by atoms with Crippen molar-refractivity contribution in [1.29, 1.82) is 0 Å². The first-order chi connectivity index (χ1) is 12.2. The van der Waals surface area contributed by atoms with E-state index >= 15 is 0 Å². The SMILES string of the molecule is CCCCCCCC[C@H]1CCC[C@@H]1CCC=CC=C(CC)C(=O)OC. The lowest BCUT2D eigenvalue weighted by Crippen LogP contribution is -2.07. The summed E-state index contributed by atoms with van der Waals surface area (Å²) >= 11 is 0. The third kappa shape index (κ3) is 9.28. The van der Waals surface area contributed by atoms with Gasteiger partial charge in [0.2, 0.25) is 0 Å². The van der Waals surface area contributed by atoms with E-state index in [1.807, 2.05) is 19.1 Å². The van der Waals surface area contributed by atoms with Crippen molar-refractivity contribution in [3.63, 3.8) is 0 Å². The summed E-state index contributed by atoms with van der Waals surface area (Å²) in [5, 5.41) is 0. The lowest BCUT2D eigenvalue weighted by Gasteiger charge is -2.18. The number of carbonyl (C=O) groups excluding carboxylic acids is 1. The average molecular weight is 349 g/mol. The predicted molar refractivity (Wildman–Crippen MR) is 108 cm³/mol. The number of ether oxygens (including phenoxy) is 1. The molecule has 0 aliphatic heterocycles. The maximum Gasteiger partial charge on any atom is 0.333 e. The van der Waals surface area contributed by atoms with E-state index in [1.165, 1.54) is 77.7 Å². The minimum absolute atomic E-state index is 0.207. The van der Waals surface area contributed by atoms with Gasteiger partial charge in [-0.15, -0.1) is 0 Å². The highest BCUT2D eigenvalue weighted by Crippen LogP contribution is 2.38. The van der Waals surface area contributed by atoms with Gasteiger partial charge in [-0.05, 0) is 31.1 Å². The Morgan fingerprint density at radius 2 is 1.68 bits per heavy atom. The fourth-order valence-corrected chi connectivity index (χ4v) is 4.11. The van der Waals surface area contributed by atoms with E-state index in [0.717, 1.165) is 30.3 Å². The van der Waals surface area contributed by atoms with E-state index in [4.69, 9.17) is 4.74 Å². The summed E-state index contributed by atoms with van der Waals surface area (Å²) in [6, 6.07) is 0. The maximum atomic E-state index is 11.5. The van der Waals surface area contributed by atoms with Crippen LogP contribution in [0.15, 0.2) is 23.8 Å². The third-order valence-electron chi connectivity index (χ3n) is 5.71. The van der Waals surface area contributed by atoms with Gasteiger partial charge in [0.15, 0.2) is 0 Å². The molecule has 2 nitrogen and oxygen atoms in total. The number of carbonyl (C=O) groups is 1. The zero-order valence-electron chi connectivity index (χ0n) is 16.9. The molecule has 0 aromatic heterocycles. The lowest BCUT2D eigenvalue weighted by molar-refractivity contribution is -0.136. The quantitative estimate of drug-likeness (QED) is 0.155. The molecule has 144 valence electrons. The van der Waals surface area contributed by atoms with Gasteiger partial charge in [0, 0.05) is 5.57 Å². The molecule has 0 heterocycles. The van der Waals surface area contributed by atoms with Gasteiger partial charge in [-0.2, -0.15) is 0 Å². The molecule has 0 aromatic carbocycles. The molecular formula is C23H40O2. The predicted octanol–water partition coefficient (Wildman–Crippen LogP) is 7.00. The number of hydrogen-bond acceptors (Lipinski definition) is 2. The Morgan fingerprint density at radius 1 is 1.00 bits per heavy atom. The summed E-state index contributed by atoms with van der Waals surface area (Å²) in [6.45, 7) is 4.27. The molecule has 0 spiro atoms. The van der Waals surface area contributed by atoms with Crippen LogP contribution in [0.1, 0.15) is 97.3 Å². The second-order valence-corrected chi connectivity index (χ2v) is 7.55. The van der Waals surface area contributed by atoms with Gasteiger partial charge in [0.1, 0.15) is 0 Å². The highest BCUT2D eigenvalue weighted by molar-refractivity contribution is 5.88. The molecule has 2 atom stereocenters. The van der Waals surface area contributed by atoms with Crippen molar-refractivity contribution in [3.8, 4) is 0 Å². The van der Waals surface area contributed by atoms with E-state index in [1.54, 1.807) is 0 Å². The largest absolute Gasteiger partial charge is 0.466 e. The van der Waals surface area contributed by atoms with E-state index in [2.05, 4.69) is 13.0 Å². The fraction of sp³-hybridized carbons (Fsp3) is 0.783. The van der Waals surface area contributed by atoms with Crippen LogP contribution in [0.5, 0.6) is 0 Å². The first-order valence-corrected chi connectivity index (χ1v) is 10.7. The van der Waals surface area contributed by atoms with Crippen LogP contribution >= 0.6 is 0 Å². The van der Waals surface area contributed by atoms with Gasteiger partial charge >= 0.3 is 5.97 Å². The number of unbranched alkanes of at least 4 members (excludes halogenated alkanes) is 5. The summed E-state index contributed by atoms with van der Waals surface area (Å²) in [5.74, 6) is 1.69. The second kappa shape index (κ2) is 14.2. The van der Waals surface area contributed by atoms with Gasteiger partial charge < -0.3 is 4.74 Å². The average Bonchev–Trinajstić information content (AvgIpc) is 3.07. The second-order valence-electron chi connectivity index (χ2n) is 7.55. The molecule has 1 saturated carbocycles. The van der Waals surface area contributed by atoms with Crippen LogP contribution in [-0.2, 0) is 9.53 Å². The molecular weight excluding hydrogens is 308 g/mol. The van der Waals surface area contributed by atoms with Crippen LogP contribution in [0.3, 0.4) is 0 Å². The Kier molecular flexibility index (Phi) is 12.5. The number of methoxy groups -OCH3 is 1. The molecule has 25 heavy (non-hydrogen) atoms. The zero-order chi connectivity index (χ0) is 18.3. The first kappa shape index (κ1) is 22.0. The summed E-state index contributed by atoms with van der Waals surface area (Å²) in [5.41, 5.74) is 0.751. The van der Waals surface area contributed by atoms with Gasteiger partial charge in [-0.25, -0.2) is 4.79 Å². The number of esters is 1. The van der Waals surface area contributed by atoms with Crippen molar-refractivity contribution in [3.05, 3.63) is 23.8 Å². The summed E-state index contributed by atoms with van der Waals surface area (Å²) < 4.78 is 4.78. The summed E-state index contributed by atoms with van der Waals surface area (Å²) in [6.07, 6.45) is 23.5. The van der Waals surface area contributed by atoms with Crippen LogP contribution < -0.4 is 0 Å². The van der Waals surface area contributed by atoms with Crippen LogP contribution in [0.4, 0.5) is 0 Å². The van der Waals surface area contributed by atoms with Crippen molar-refractivity contribution < 1.29 is 9.53 Å². The van der Waals surface area contributed by atoms with Crippen molar-refractivity contribution in [2.45, 2.75) is 97.3 Å². The topological polar surface area (TPSA) is 26.3 Å². The Hall–Kier alpha value is -1.05. The Bertz CT molecular complexity index is 408. The molecule has 0 aromatic rings. The van der Waals surface area contributed by atoms with Gasteiger partial charge in [-0.3, -0.25) is 0 Å². The molecule has 0 saturated heterocycles. The van der Waals surface area contributed by atoms with E-state index in [-0.39, 0.29) is 5.97 Å². The van der Waals surface area contributed by atoms with E-state index in [0.29, 0.717) is 0 Å². The Morgan fingerprint density at radius 3 is 2.36 bits per heavy atom. The minimum Gasteiger partial charge on any atom is -0.466 e. The molecule has 0 unspecified atom stereocenters. The van der Waals surface area contributed by atoms with Crippen LogP contribution in [-0.4, -0.2) is 13.1 Å². The van der Waals surface area contributed by atoms with Crippen molar-refractivity contribution in [1.82, 2.24) is 0 Å². The van der Waals surface area contributed by atoms with Gasteiger partial charge in [-0.1, -0.05) is 96.3 Å². The van der Waals surface area contributed by atoms with Crippen LogP contribution in [0, 0.1) is 11.8 Å². The molecule has 1 aliphatic carbocycles. The number of rotatable bonds is 13. The minimum atomic E-state index is -0.207. The summed E-state index contributed by atoms with van der Waals surface area (Å²) in [7, 11) is 1.44. The van der Waals surface area contributed by atoms with Gasteiger partial charge in [0.25, 0.3) is 0 Å². The van der Waals surface area contributed by atoms with Crippen molar-refractivity contribution >= 4 is 5.97 Å². The Balaban J connectivity index is 2.23. The highest BCUT2D eigenvalue weighted by atomic mass is 16.5. The third-order valence-corrected chi connectivity index (χ3v) is 5.71. The maximum absolute atomic E-state index is 11.5. The molecule has 1 aliphatic rings. The van der Waals surface area contributed by atoms with Gasteiger partial charge in [0.05, 0.1) is 7.11 Å². The zero-order valence-corrected chi connectivity index (χ0v) is 16.9. The number of hydrogen-bond donors (Lipinski definition) is 0. The number of allylic oxidation sites excluding steroid dienone is 3. The van der Waals surface area contributed by atoms with Crippen molar-refractivity contribution in [2.24, 2.45) is 11.8 Å². The monoisotopic (exact) mass is 348 g/mol. The fourth-order valence-electron chi connectivity index (χ4n) is 4.11. The molecule has 2 heteroatoms. The smallest absolute Gasteiger partial charge is 0.333 e. The standard InChI is InChI=1S/C23H40O2/c1-4-6-7-8-9-11-16-21-18-14-19-22(21)17-13-10-12-15-20(5-2)23(24)25-3/h10,12,15,21-22H,4-9,11,13-14,16-19H2,1-3H3/t21-,22-/m0/s1. The van der Waals surface area contributed by atoms with Crippen molar-refractivity contribution in [2.75, 3.05) is 7.11 Å². The normalized spacial score (nSPS) is 21.2. The molecule has 0 bridgehead atoms. The lowest BCUT2D eigenvalue weighted by atomic mass is 9.87. The molecule has 1 rings (SSSR count). The van der Waals surface area contributed by atoms with Crippen LogP contribution in [0.25, 0.3) is 0 Å². The molecule has 0 amide bonds. The van der Waals surface area contributed by atoms with Crippen LogP contribution in [0.2, 0.25) is 0 Å². The first-order valence-electron chi connectivity index (χ1n) is 10.7. The molecule has 1 fully saturated rings. The Labute approximate surface area is 156 Å². The molecule has 0 N–H and O–H groups in total. The molecule has 0 radical (unpaired) electrons.